The molecule has 28 heavy (non-hydrogen) atoms. The van der Waals surface area contributed by atoms with Gasteiger partial charge in [-0.25, -0.2) is 9.78 Å². The number of piperidine rings is 1. The van der Waals surface area contributed by atoms with Crippen LogP contribution in [0.4, 0.5) is 20.6 Å². The van der Waals surface area contributed by atoms with Gasteiger partial charge in [0.15, 0.2) is 5.13 Å². The van der Waals surface area contributed by atoms with E-state index in [1.165, 1.54) is 0 Å². The number of methoxy groups -OCH3 is 1. The Morgan fingerprint density at radius 2 is 2.07 bits per heavy atom. The fraction of sp³-hybridized carbons (Fsp3) is 0.353. The number of benzene rings is 1. The molecule has 0 aliphatic carbocycles. The average molecular weight is 405 g/mol. The summed E-state index contributed by atoms with van der Waals surface area (Å²) in [6.07, 6.45) is 2.13. The molecule has 1 aromatic carbocycles. The monoisotopic (exact) mass is 405 g/mol. The van der Waals surface area contributed by atoms with Gasteiger partial charge in [0.2, 0.25) is 5.91 Å². The Morgan fingerprint density at radius 1 is 1.32 bits per heavy atom. The second kappa shape index (κ2) is 8.65. The third-order valence-electron chi connectivity index (χ3n) is 4.38. The number of likely N-dealkylation sites (tertiary alicyclic amines) is 1. The van der Waals surface area contributed by atoms with Crippen LogP contribution in [0.3, 0.4) is 0 Å². The number of carbonyl (C=O) groups excluding carboxylic acids is 2. The molecule has 1 saturated heterocycles. The van der Waals surface area contributed by atoms with Crippen molar-refractivity contribution in [3.63, 3.8) is 0 Å². The van der Waals surface area contributed by atoms with E-state index in [0.29, 0.717) is 37.4 Å². The molecule has 0 atom stereocenters. The van der Waals surface area contributed by atoms with Crippen molar-refractivity contribution in [2.24, 2.45) is 5.92 Å². The molecule has 1 aromatic heterocycles. The van der Waals surface area contributed by atoms with Gasteiger partial charge in [-0.15, -0.1) is 0 Å². The Morgan fingerprint density at radius 3 is 2.71 bits per heavy atom. The van der Waals surface area contributed by atoms with Gasteiger partial charge in [0.05, 0.1) is 12.0 Å². The number of nitrogens with one attached hydrogen (secondary N) is 2. The van der Waals surface area contributed by atoms with Crippen molar-refractivity contribution in [1.82, 2.24) is 9.88 Å². The third kappa shape index (κ3) is 4.74. The molecule has 1 aliphatic heterocycles. The molecular formula is C17H19N5O5S. The Bertz CT molecular complexity index is 878. The maximum absolute atomic E-state index is 12.4. The standard InChI is InChI=1S/C17H19N5O5S/c1-27-13-4-2-3-12(9-13)19-17(24)21-7-5-11(6-8-21)15(23)20-16-18-10-14(28-16)22(25)26/h2-4,9-11H,5-8H2,1H3,(H,19,24)(H,18,20,23). The maximum Gasteiger partial charge on any atom is 0.345 e. The van der Waals surface area contributed by atoms with Crippen molar-refractivity contribution in [3.05, 3.63) is 40.6 Å². The quantitative estimate of drug-likeness (QED) is 0.582. The van der Waals surface area contributed by atoms with Gasteiger partial charge >= 0.3 is 11.0 Å². The summed E-state index contributed by atoms with van der Waals surface area (Å²) in [5.41, 5.74) is 0.634. The molecule has 0 spiro atoms. The lowest BCUT2D eigenvalue weighted by Gasteiger charge is -2.31. The largest absolute Gasteiger partial charge is 0.497 e. The summed E-state index contributed by atoms with van der Waals surface area (Å²) < 4.78 is 5.13. The summed E-state index contributed by atoms with van der Waals surface area (Å²) in [4.78, 5) is 40.4. The third-order valence-corrected chi connectivity index (χ3v) is 5.24. The van der Waals surface area contributed by atoms with E-state index in [9.17, 15) is 19.7 Å². The van der Waals surface area contributed by atoms with E-state index >= 15 is 0 Å². The molecule has 0 unspecified atom stereocenters. The zero-order valence-corrected chi connectivity index (χ0v) is 15.9. The van der Waals surface area contributed by atoms with Crippen molar-refractivity contribution in [2.75, 3.05) is 30.8 Å². The number of aromatic nitrogens is 1. The summed E-state index contributed by atoms with van der Waals surface area (Å²) in [7, 11) is 1.56. The molecule has 2 aromatic rings. The maximum atomic E-state index is 12.4. The van der Waals surface area contributed by atoms with E-state index in [-0.39, 0.29) is 28.0 Å². The summed E-state index contributed by atoms with van der Waals surface area (Å²) in [5.74, 6) is 0.136. The molecule has 3 amide bonds. The molecule has 0 bridgehead atoms. The van der Waals surface area contributed by atoms with E-state index < -0.39 is 4.92 Å². The fourth-order valence-electron chi connectivity index (χ4n) is 2.86. The van der Waals surface area contributed by atoms with E-state index in [1.807, 2.05) is 0 Å². The van der Waals surface area contributed by atoms with Crippen molar-refractivity contribution < 1.29 is 19.2 Å². The van der Waals surface area contributed by atoms with Crippen LogP contribution in [0, 0.1) is 16.0 Å². The number of thiazole rings is 1. The number of nitro groups is 1. The van der Waals surface area contributed by atoms with Gasteiger partial charge in [0.25, 0.3) is 0 Å². The predicted molar refractivity (Wildman–Crippen MR) is 104 cm³/mol. The highest BCUT2D eigenvalue weighted by Gasteiger charge is 2.28. The number of hydrogen-bond donors (Lipinski definition) is 2. The van der Waals surface area contributed by atoms with Crippen LogP contribution in [0.2, 0.25) is 0 Å². The molecule has 2 heterocycles. The minimum absolute atomic E-state index is 0.126. The number of amides is 3. The van der Waals surface area contributed by atoms with Crippen LogP contribution in [0.15, 0.2) is 30.5 Å². The number of anilines is 2. The van der Waals surface area contributed by atoms with Crippen molar-refractivity contribution in [1.29, 1.82) is 0 Å². The zero-order valence-electron chi connectivity index (χ0n) is 15.1. The summed E-state index contributed by atoms with van der Waals surface area (Å²) in [6, 6.07) is 6.84. The minimum atomic E-state index is -0.549. The van der Waals surface area contributed by atoms with Crippen molar-refractivity contribution >= 4 is 39.1 Å². The molecule has 148 valence electrons. The van der Waals surface area contributed by atoms with Gasteiger partial charge in [0.1, 0.15) is 11.9 Å². The Balaban J connectivity index is 1.49. The van der Waals surface area contributed by atoms with Crippen LogP contribution < -0.4 is 15.4 Å². The van der Waals surface area contributed by atoms with Crippen molar-refractivity contribution in [3.8, 4) is 5.75 Å². The van der Waals surface area contributed by atoms with Gasteiger partial charge in [-0.05, 0) is 36.3 Å². The molecule has 10 nitrogen and oxygen atoms in total. The fourth-order valence-corrected chi connectivity index (χ4v) is 3.50. The van der Waals surface area contributed by atoms with Crippen LogP contribution in [0.5, 0.6) is 5.75 Å². The Labute approximate surface area is 164 Å². The first-order chi connectivity index (χ1) is 13.5. The van der Waals surface area contributed by atoms with Gasteiger partial charge in [0, 0.05) is 30.8 Å². The van der Waals surface area contributed by atoms with Crippen LogP contribution in [-0.4, -0.2) is 46.9 Å². The first-order valence-electron chi connectivity index (χ1n) is 8.57. The highest BCUT2D eigenvalue weighted by atomic mass is 32.1. The summed E-state index contributed by atoms with van der Waals surface area (Å²) >= 11 is 0.816. The lowest BCUT2D eigenvalue weighted by atomic mass is 9.96. The molecule has 11 heteroatoms. The Kier molecular flexibility index (Phi) is 6.04. The lowest BCUT2D eigenvalue weighted by Crippen LogP contribution is -2.43. The molecule has 0 radical (unpaired) electrons. The average Bonchev–Trinajstić information content (AvgIpc) is 3.17. The second-order valence-corrected chi connectivity index (χ2v) is 7.18. The Hall–Kier alpha value is -3.21. The van der Waals surface area contributed by atoms with Gasteiger partial charge in [-0.2, -0.15) is 0 Å². The summed E-state index contributed by atoms with van der Waals surface area (Å²) in [5, 5.41) is 16.2. The number of rotatable bonds is 5. The van der Waals surface area contributed by atoms with Crippen LogP contribution in [0.25, 0.3) is 0 Å². The van der Waals surface area contributed by atoms with Crippen LogP contribution in [0.1, 0.15) is 12.8 Å². The molecule has 1 fully saturated rings. The number of urea groups is 1. The van der Waals surface area contributed by atoms with E-state index in [1.54, 1.807) is 36.3 Å². The van der Waals surface area contributed by atoms with Crippen LogP contribution in [-0.2, 0) is 4.79 Å². The van der Waals surface area contributed by atoms with Gasteiger partial charge < -0.3 is 20.3 Å². The molecular weight excluding hydrogens is 386 g/mol. The molecule has 0 saturated carbocycles. The van der Waals surface area contributed by atoms with E-state index in [2.05, 4.69) is 15.6 Å². The smallest absolute Gasteiger partial charge is 0.345 e. The van der Waals surface area contributed by atoms with Crippen molar-refractivity contribution in [2.45, 2.75) is 12.8 Å². The minimum Gasteiger partial charge on any atom is -0.497 e. The lowest BCUT2D eigenvalue weighted by molar-refractivity contribution is -0.380. The normalized spacial score (nSPS) is 14.4. The van der Waals surface area contributed by atoms with E-state index in [4.69, 9.17) is 4.74 Å². The number of nitrogens with zero attached hydrogens (tertiary/aromatic N) is 3. The van der Waals surface area contributed by atoms with Crippen LogP contribution >= 0.6 is 11.3 Å². The number of carbonyl (C=O) groups is 2. The highest BCUT2D eigenvalue weighted by Crippen LogP contribution is 2.27. The zero-order chi connectivity index (χ0) is 20.1. The second-order valence-electron chi connectivity index (χ2n) is 6.17. The van der Waals surface area contributed by atoms with Gasteiger partial charge in [-0.3, -0.25) is 14.9 Å². The SMILES string of the molecule is COc1cccc(NC(=O)N2CCC(C(=O)Nc3ncc([N+](=O)[O-])s3)CC2)c1. The molecule has 3 rings (SSSR count). The number of ether oxygens (including phenoxy) is 1. The predicted octanol–water partition coefficient (Wildman–Crippen LogP) is 2.94. The van der Waals surface area contributed by atoms with Gasteiger partial charge in [-0.1, -0.05) is 6.07 Å². The topological polar surface area (TPSA) is 127 Å². The molecule has 1 aliphatic rings. The molecule has 2 N–H and O–H groups in total. The first kappa shape index (κ1) is 19.5. The number of hydrogen-bond acceptors (Lipinski definition) is 7. The first-order valence-corrected chi connectivity index (χ1v) is 9.39. The van der Waals surface area contributed by atoms with E-state index in [0.717, 1.165) is 17.5 Å². The highest BCUT2D eigenvalue weighted by molar-refractivity contribution is 7.18. The summed E-state index contributed by atoms with van der Waals surface area (Å²) in [6.45, 7) is 0.873.